The molecule has 0 unspecified atom stereocenters. The second-order valence-corrected chi connectivity index (χ2v) is 8.43. The van der Waals surface area contributed by atoms with Gasteiger partial charge in [-0.3, -0.25) is 9.59 Å². The summed E-state index contributed by atoms with van der Waals surface area (Å²) < 4.78 is 14.8. The summed E-state index contributed by atoms with van der Waals surface area (Å²) in [5.41, 5.74) is 7.11. The third-order valence-corrected chi connectivity index (χ3v) is 6.10. The first-order chi connectivity index (χ1) is 16.9. The number of carbonyl (C=O) groups is 1. The fraction of sp³-hybridized carbons (Fsp3) is 0.200. The van der Waals surface area contributed by atoms with E-state index in [-0.39, 0.29) is 28.5 Å². The van der Waals surface area contributed by atoms with E-state index < -0.39 is 11.7 Å². The highest BCUT2D eigenvalue weighted by atomic mass is 19.1. The first kappa shape index (κ1) is 22.5. The summed E-state index contributed by atoms with van der Waals surface area (Å²) >= 11 is 0. The number of anilines is 3. The fourth-order valence-electron chi connectivity index (χ4n) is 4.21. The van der Waals surface area contributed by atoms with Gasteiger partial charge in [0.1, 0.15) is 11.6 Å². The maximum atomic E-state index is 14.8. The predicted octanol–water partition coefficient (Wildman–Crippen LogP) is 2.93. The van der Waals surface area contributed by atoms with Gasteiger partial charge >= 0.3 is 0 Å². The molecule has 0 saturated carbocycles. The van der Waals surface area contributed by atoms with Crippen LogP contribution < -0.4 is 21.5 Å². The summed E-state index contributed by atoms with van der Waals surface area (Å²) in [7, 11) is 0. The lowest BCUT2D eigenvalue weighted by Gasteiger charge is -2.31. The molecule has 1 aliphatic heterocycles. The number of aliphatic hydroxyl groups excluding tert-OH is 1. The molecule has 1 aromatic carbocycles. The zero-order chi connectivity index (χ0) is 24.5. The lowest BCUT2D eigenvalue weighted by molar-refractivity contribution is 0.1000. The highest BCUT2D eigenvalue weighted by Crippen LogP contribution is 2.30. The molecule has 10 heteroatoms. The van der Waals surface area contributed by atoms with E-state index in [1.54, 1.807) is 24.4 Å². The Hall–Kier alpha value is -4.31. The smallest absolute Gasteiger partial charge is 0.259 e. The van der Waals surface area contributed by atoms with E-state index in [4.69, 9.17) is 5.73 Å². The molecule has 4 aromatic rings. The van der Waals surface area contributed by atoms with Gasteiger partial charge < -0.3 is 26.0 Å². The van der Waals surface area contributed by atoms with Crippen LogP contribution in [-0.4, -0.2) is 45.2 Å². The number of aliphatic hydroxyl groups is 1. The number of carbonyl (C=O) groups excluding carboxylic acids is 1. The number of nitrogens with two attached hydrogens (primary N) is 1. The maximum Gasteiger partial charge on any atom is 0.259 e. The topological polar surface area (TPSA) is 137 Å². The Morgan fingerprint density at radius 2 is 1.97 bits per heavy atom. The van der Waals surface area contributed by atoms with Crippen molar-refractivity contribution < 1.29 is 14.3 Å². The van der Waals surface area contributed by atoms with Crippen molar-refractivity contribution in [2.75, 3.05) is 23.3 Å². The molecule has 9 nitrogen and oxygen atoms in total. The molecule has 3 aromatic heterocycles. The number of nitrogens with one attached hydrogen (secondary N) is 2. The first-order valence-corrected chi connectivity index (χ1v) is 11.2. The van der Waals surface area contributed by atoms with Crippen molar-refractivity contribution in [3.8, 4) is 11.3 Å². The second-order valence-electron chi connectivity index (χ2n) is 8.43. The van der Waals surface area contributed by atoms with Gasteiger partial charge in [0.15, 0.2) is 0 Å². The number of hydrogen-bond donors (Lipinski definition) is 4. The highest BCUT2D eigenvalue weighted by molar-refractivity contribution is 5.95. The summed E-state index contributed by atoms with van der Waals surface area (Å²) in [6, 6.07) is 10.8. The molecule has 0 atom stereocenters. The zero-order valence-corrected chi connectivity index (χ0v) is 18.7. The van der Waals surface area contributed by atoms with Crippen LogP contribution in [-0.2, 0) is 0 Å². The van der Waals surface area contributed by atoms with Crippen molar-refractivity contribution in [1.29, 1.82) is 0 Å². The molecule has 0 radical (unpaired) electrons. The molecule has 1 fully saturated rings. The Morgan fingerprint density at radius 1 is 1.17 bits per heavy atom. The largest absolute Gasteiger partial charge is 0.393 e. The number of hydrogen-bond acceptors (Lipinski definition) is 7. The van der Waals surface area contributed by atoms with E-state index in [0.717, 1.165) is 24.8 Å². The number of benzene rings is 1. The number of fused-ring (bicyclic) bond motifs is 1. The number of pyridine rings is 3. The van der Waals surface area contributed by atoms with Crippen LogP contribution in [0.3, 0.4) is 0 Å². The van der Waals surface area contributed by atoms with Crippen molar-refractivity contribution >= 4 is 34.0 Å². The fourth-order valence-corrected chi connectivity index (χ4v) is 4.21. The van der Waals surface area contributed by atoms with Crippen molar-refractivity contribution in [3.05, 3.63) is 76.6 Å². The minimum atomic E-state index is -0.730. The Morgan fingerprint density at radius 3 is 2.66 bits per heavy atom. The van der Waals surface area contributed by atoms with Gasteiger partial charge in [-0.1, -0.05) is 0 Å². The van der Waals surface area contributed by atoms with Crippen LogP contribution in [0.15, 0.2) is 59.7 Å². The summed E-state index contributed by atoms with van der Waals surface area (Å²) in [6.07, 6.45) is 4.37. The van der Waals surface area contributed by atoms with E-state index in [2.05, 4.69) is 25.2 Å². The molecule has 4 heterocycles. The summed E-state index contributed by atoms with van der Waals surface area (Å²) in [4.78, 5) is 37.7. The van der Waals surface area contributed by atoms with Crippen LogP contribution in [0.1, 0.15) is 23.2 Å². The SMILES string of the molecule is NC(=O)c1ccc(-c2cc(Nc3ccc(N4CCC(O)CC4)cn3)c3c(=O)[nH]ccc3n2)c(F)c1. The van der Waals surface area contributed by atoms with Crippen LogP contribution in [0.4, 0.5) is 21.6 Å². The Kier molecular flexibility index (Phi) is 5.87. The average molecular weight is 474 g/mol. The molecule has 1 amide bonds. The van der Waals surface area contributed by atoms with Gasteiger partial charge in [0, 0.05) is 30.4 Å². The van der Waals surface area contributed by atoms with Gasteiger partial charge in [-0.15, -0.1) is 0 Å². The molecule has 178 valence electrons. The molecular formula is C25H23FN6O3. The molecule has 1 saturated heterocycles. The Balaban J connectivity index is 1.51. The van der Waals surface area contributed by atoms with Crippen LogP contribution in [0.5, 0.6) is 0 Å². The van der Waals surface area contributed by atoms with Crippen LogP contribution in [0.2, 0.25) is 0 Å². The standard InChI is InChI=1S/C25H23FN6O3/c26-18-11-14(24(27)34)1-3-17(18)20-12-21(23-19(30-20)5-8-28-25(23)35)31-22-4-2-15(13-29-22)32-9-6-16(33)7-10-32/h1-5,8,11-13,16,33H,6-7,9-10H2,(H2,27,34)(H,28,35)(H,29,30,31). The molecule has 0 spiro atoms. The molecule has 0 aliphatic carbocycles. The van der Waals surface area contributed by atoms with E-state index in [1.807, 2.05) is 6.07 Å². The number of primary amides is 1. The molecular weight excluding hydrogens is 451 g/mol. The van der Waals surface area contributed by atoms with Gasteiger partial charge in [0.2, 0.25) is 5.91 Å². The summed E-state index contributed by atoms with van der Waals surface area (Å²) in [6.45, 7) is 1.51. The normalized spacial score (nSPS) is 14.3. The molecule has 35 heavy (non-hydrogen) atoms. The van der Waals surface area contributed by atoms with E-state index >= 15 is 0 Å². The van der Waals surface area contributed by atoms with Crippen LogP contribution >= 0.6 is 0 Å². The number of rotatable bonds is 5. The minimum absolute atomic E-state index is 0.0503. The quantitative estimate of drug-likeness (QED) is 0.349. The molecule has 1 aliphatic rings. The van der Waals surface area contributed by atoms with E-state index in [0.29, 0.717) is 35.2 Å². The Bertz CT molecular complexity index is 1460. The number of aromatic nitrogens is 3. The minimum Gasteiger partial charge on any atom is -0.393 e. The number of amides is 1. The van der Waals surface area contributed by atoms with Crippen molar-refractivity contribution in [2.45, 2.75) is 18.9 Å². The molecule has 5 N–H and O–H groups in total. The highest BCUT2D eigenvalue weighted by Gasteiger charge is 2.18. The molecule has 5 rings (SSSR count). The third kappa shape index (κ3) is 4.56. The maximum absolute atomic E-state index is 14.8. The van der Waals surface area contributed by atoms with Gasteiger partial charge in [0.05, 0.1) is 40.3 Å². The van der Waals surface area contributed by atoms with Crippen molar-refractivity contribution in [3.63, 3.8) is 0 Å². The average Bonchev–Trinajstić information content (AvgIpc) is 2.85. The van der Waals surface area contributed by atoms with Gasteiger partial charge in [0.25, 0.3) is 5.56 Å². The Labute approximate surface area is 199 Å². The summed E-state index contributed by atoms with van der Waals surface area (Å²) in [5.74, 6) is -0.888. The number of piperidine rings is 1. The van der Waals surface area contributed by atoms with E-state index in [1.165, 1.54) is 18.3 Å². The van der Waals surface area contributed by atoms with E-state index in [9.17, 15) is 19.1 Å². The number of H-pyrrole nitrogens is 1. The van der Waals surface area contributed by atoms with Crippen molar-refractivity contribution in [1.82, 2.24) is 15.0 Å². The zero-order valence-electron chi connectivity index (χ0n) is 18.7. The van der Waals surface area contributed by atoms with Crippen LogP contribution in [0.25, 0.3) is 22.2 Å². The van der Waals surface area contributed by atoms with Crippen LogP contribution in [0, 0.1) is 5.82 Å². The number of nitrogens with zero attached hydrogens (tertiary/aromatic N) is 3. The van der Waals surface area contributed by atoms with Gasteiger partial charge in [-0.2, -0.15) is 0 Å². The lowest BCUT2D eigenvalue weighted by atomic mass is 10.1. The first-order valence-electron chi connectivity index (χ1n) is 11.2. The molecule has 0 bridgehead atoms. The lowest BCUT2D eigenvalue weighted by Crippen LogP contribution is -2.35. The predicted molar refractivity (Wildman–Crippen MR) is 131 cm³/mol. The number of halogens is 1. The van der Waals surface area contributed by atoms with Gasteiger partial charge in [-0.25, -0.2) is 14.4 Å². The monoisotopic (exact) mass is 474 g/mol. The summed E-state index contributed by atoms with van der Waals surface area (Å²) in [5, 5.41) is 13.2. The van der Waals surface area contributed by atoms with Crippen molar-refractivity contribution in [2.24, 2.45) is 5.73 Å². The number of aromatic amines is 1. The third-order valence-electron chi connectivity index (χ3n) is 6.10. The second kappa shape index (κ2) is 9.15. The van der Waals surface area contributed by atoms with Gasteiger partial charge in [-0.05, 0) is 55.3 Å².